The zero-order valence-corrected chi connectivity index (χ0v) is 16.1. The molecule has 0 bridgehead atoms. The molecule has 0 spiro atoms. The van der Waals surface area contributed by atoms with Crippen LogP contribution in [0.25, 0.3) is 5.57 Å². The van der Waals surface area contributed by atoms with Gasteiger partial charge in [0.2, 0.25) is 0 Å². The molecular weight excluding hydrogens is 352 g/mol. The molecule has 2 aromatic carbocycles. The monoisotopic (exact) mass is 378 g/mol. The van der Waals surface area contributed by atoms with Gasteiger partial charge in [0.05, 0.1) is 6.61 Å². The number of hydrogen-bond acceptors (Lipinski definition) is 3. The lowest BCUT2D eigenvalue weighted by Gasteiger charge is -2.12. The Kier molecular flexibility index (Phi) is 5.65. The Morgan fingerprint density at radius 1 is 1.07 bits per heavy atom. The summed E-state index contributed by atoms with van der Waals surface area (Å²) in [7, 11) is 0. The number of carboxylic acid groups (broad SMARTS) is 1. The Hall–Kier alpha value is -2.75. The van der Waals surface area contributed by atoms with Gasteiger partial charge in [-0.3, -0.25) is 4.79 Å². The minimum atomic E-state index is -0.739. The zero-order valence-electron chi connectivity index (χ0n) is 16.1. The van der Waals surface area contributed by atoms with Crippen LogP contribution in [0, 0.1) is 0 Å². The fourth-order valence-electron chi connectivity index (χ4n) is 4.05. The molecule has 1 heterocycles. The summed E-state index contributed by atoms with van der Waals surface area (Å²) in [5, 5.41) is 8.73. The highest BCUT2D eigenvalue weighted by molar-refractivity contribution is 5.72. The lowest BCUT2D eigenvalue weighted by Crippen LogP contribution is -2.01. The number of fused-ring (bicyclic) bond motifs is 1. The molecule has 0 atom stereocenters. The number of aliphatic carboxylic acids is 1. The van der Waals surface area contributed by atoms with Gasteiger partial charge in [-0.2, -0.15) is 0 Å². The molecule has 0 fully saturated rings. The van der Waals surface area contributed by atoms with Crippen LogP contribution in [0.3, 0.4) is 0 Å². The van der Waals surface area contributed by atoms with E-state index in [1.165, 1.54) is 28.7 Å². The summed E-state index contributed by atoms with van der Waals surface area (Å²) in [4.78, 5) is 10.6. The minimum Gasteiger partial charge on any atom is -0.493 e. The van der Waals surface area contributed by atoms with Gasteiger partial charge in [-0.1, -0.05) is 18.2 Å². The Bertz CT molecular complexity index is 880. The molecule has 0 saturated carbocycles. The van der Waals surface area contributed by atoms with Crippen LogP contribution < -0.4 is 9.47 Å². The molecule has 28 heavy (non-hydrogen) atoms. The van der Waals surface area contributed by atoms with Crippen molar-refractivity contribution >= 4 is 11.5 Å². The number of hydrogen-bond donors (Lipinski definition) is 1. The predicted molar refractivity (Wildman–Crippen MR) is 109 cm³/mol. The maximum atomic E-state index is 10.6. The number of aryl methyl sites for hydroxylation is 1. The van der Waals surface area contributed by atoms with E-state index in [4.69, 9.17) is 14.6 Å². The van der Waals surface area contributed by atoms with Crippen LogP contribution in [-0.4, -0.2) is 24.3 Å². The molecule has 1 aliphatic heterocycles. The summed E-state index contributed by atoms with van der Waals surface area (Å²) in [6, 6.07) is 14.6. The number of carbonyl (C=O) groups is 1. The van der Waals surface area contributed by atoms with Crippen molar-refractivity contribution in [2.24, 2.45) is 0 Å². The lowest BCUT2D eigenvalue weighted by atomic mass is 9.99. The number of rotatable bonds is 8. The second-order valence-corrected chi connectivity index (χ2v) is 7.54. The van der Waals surface area contributed by atoms with Gasteiger partial charge in [-0.15, -0.1) is 0 Å². The molecule has 0 radical (unpaired) electrons. The van der Waals surface area contributed by atoms with Crippen molar-refractivity contribution in [3.05, 3.63) is 64.7 Å². The standard InChI is InChI=1S/C24H26O4/c25-24(26)6-1-3-17-7-10-21(11-8-17)28-16-20-4-2-5-22(20)18-9-12-23-19(15-18)13-14-27-23/h7-12,15H,1-6,13-14,16H2,(H,25,26). The molecule has 1 aliphatic carbocycles. The molecule has 4 rings (SSSR count). The van der Waals surface area contributed by atoms with Gasteiger partial charge in [0, 0.05) is 12.8 Å². The molecule has 4 heteroatoms. The van der Waals surface area contributed by atoms with Crippen LogP contribution >= 0.6 is 0 Å². The van der Waals surface area contributed by atoms with Gasteiger partial charge in [0.25, 0.3) is 0 Å². The summed E-state index contributed by atoms with van der Waals surface area (Å²) in [6.07, 6.45) is 6.05. The maximum Gasteiger partial charge on any atom is 0.303 e. The summed E-state index contributed by atoms with van der Waals surface area (Å²) in [5.74, 6) is 1.16. The van der Waals surface area contributed by atoms with Crippen LogP contribution in [0.1, 0.15) is 48.8 Å². The first-order valence-electron chi connectivity index (χ1n) is 10.1. The Balaban J connectivity index is 1.38. The molecule has 0 saturated heterocycles. The Morgan fingerprint density at radius 2 is 1.93 bits per heavy atom. The average Bonchev–Trinajstić information content (AvgIpc) is 3.35. The van der Waals surface area contributed by atoms with E-state index in [1.54, 1.807) is 0 Å². The molecular formula is C24H26O4. The predicted octanol–water partition coefficient (Wildman–Crippen LogP) is 5.05. The fourth-order valence-corrected chi connectivity index (χ4v) is 4.05. The van der Waals surface area contributed by atoms with E-state index in [0.29, 0.717) is 13.0 Å². The molecule has 0 aromatic heterocycles. The molecule has 2 aromatic rings. The Labute approximate surface area is 165 Å². The van der Waals surface area contributed by atoms with Crippen LogP contribution in [-0.2, 0) is 17.6 Å². The highest BCUT2D eigenvalue weighted by Crippen LogP contribution is 2.37. The van der Waals surface area contributed by atoms with E-state index < -0.39 is 5.97 Å². The van der Waals surface area contributed by atoms with Crippen LogP contribution in [0.4, 0.5) is 0 Å². The Morgan fingerprint density at radius 3 is 2.75 bits per heavy atom. The van der Waals surface area contributed by atoms with Crippen molar-refractivity contribution in [1.29, 1.82) is 0 Å². The van der Waals surface area contributed by atoms with Crippen molar-refractivity contribution in [3.63, 3.8) is 0 Å². The van der Waals surface area contributed by atoms with E-state index in [9.17, 15) is 4.79 Å². The lowest BCUT2D eigenvalue weighted by molar-refractivity contribution is -0.137. The number of carboxylic acids is 1. The van der Waals surface area contributed by atoms with Crippen LogP contribution in [0.15, 0.2) is 48.0 Å². The first kappa shape index (κ1) is 18.6. The quantitative estimate of drug-likeness (QED) is 0.699. The summed E-state index contributed by atoms with van der Waals surface area (Å²) < 4.78 is 11.7. The van der Waals surface area contributed by atoms with E-state index in [0.717, 1.165) is 49.4 Å². The van der Waals surface area contributed by atoms with E-state index >= 15 is 0 Å². The third-order valence-corrected chi connectivity index (χ3v) is 5.56. The van der Waals surface area contributed by atoms with Gasteiger partial charge in [-0.05, 0) is 84.2 Å². The van der Waals surface area contributed by atoms with E-state index in [-0.39, 0.29) is 6.42 Å². The van der Waals surface area contributed by atoms with Gasteiger partial charge in [-0.25, -0.2) is 0 Å². The van der Waals surface area contributed by atoms with Crippen molar-refractivity contribution in [2.75, 3.05) is 13.2 Å². The second-order valence-electron chi connectivity index (χ2n) is 7.54. The highest BCUT2D eigenvalue weighted by atomic mass is 16.5. The van der Waals surface area contributed by atoms with E-state index in [2.05, 4.69) is 18.2 Å². The third kappa shape index (κ3) is 4.38. The first-order chi connectivity index (χ1) is 13.7. The van der Waals surface area contributed by atoms with Gasteiger partial charge in [0.1, 0.15) is 18.1 Å². The van der Waals surface area contributed by atoms with Crippen molar-refractivity contribution in [2.45, 2.75) is 44.9 Å². The van der Waals surface area contributed by atoms with Crippen LogP contribution in [0.5, 0.6) is 11.5 Å². The number of allylic oxidation sites excluding steroid dienone is 1. The summed E-state index contributed by atoms with van der Waals surface area (Å²) >= 11 is 0. The molecule has 0 amide bonds. The zero-order chi connectivity index (χ0) is 19.3. The first-order valence-corrected chi connectivity index (χ1v) is 10.1. The normalized spacial score (nSPS) is 15.4. The number of ether oxygens (including phenoxy) is 2. The van der Waals surface area contributed by atoms with Crippen LogP contribution in [0.2, 0.25) is 0 Å². The fraction of sp³-hybridized carbons (Fsp3) is 0.375. The minimum absolute atomic E-state index is 0.212. The van der Waals surface area contributed by atoms with Gasteiger partial charge >= 0.3 is 5.97 Å². The van der Waals surface area contributed by atoms with Crippen molar-refractivity contribution in [3.8, 4) is 11.5 Å². The number of benzene rings is 2. The average molecular weight is 378 g/mol. The SMILES string of the molecule is O=C(O)CCCc1ccc(OCC2=C(c3ccc4c(c3)CCO4)CCC2)cc1. The van der Waals surface area contributed by atoms with Crippen molar-refractivity contribution < 1.29 is 19.4 Å². The van der Waals surface area contributed by atoms with Gasteiger partial charge < -0.3 is 14.6 Å². The summed E-state index contributed by atoms with van der Waals surface area (Å²) in [5.41, 5.74) is 6.60. The molecule has 4 nitrogen and oxygen atoms in total. The smallest absolute Gasteiger partial charge is 0.303 e. The van der Waals surface area contributed by atoms with E-state index in [1.807, 2.05) is 24.3 Å². The topological polar surface area (TPSA) is 55.8 Å². The van der Waals surface area contributed by atoms with Crippen molar-refractivity contribution in [1.82, 2.24) is 0 Å². The van der Waals surface area contributed by atoms with Gasteiger partial charge in [0.15, 0.2) is 0 Å². The highest BCUT2D eigenvalue weighted by Gasteiger charge is 2.19. The molecule has 2 aliphatic rings. The largest absolute Gasteiger partial charge is 0.493 e. The third-order valence-electron chi connectivity index (χ3n) is 5.56. The maximum absolute atomic E-state index is 10.6. The summed E-state index contributed by atoms with van der Waals surface area (Å²) in [6.45, 7) is 1.42. The second kappa shape index (κ2) is 8.51. The molecule has 146 valence electrons. The molecule has 0 unspecified atom stereocenters. The molecule has 1 N–H and O–H groups in total.